The second kappa shape index (κ2) is 13.3. The maximum absolute atomic E-state index is 11.9. The quantitative estimate of drug-likeness (QED) is 0.178. The summed E-state index contributed by atoms with van der Waals surface area (Å²) >= 11 is 1.81. The van der Waals surface area contributed by atoms with Gasteiger partial charge >= 0.3 is 0 Å². The highest BCUT2D eigenvalue weighted by atomic mass is 127. The molecule has 25 heavy (non-hydrogen) atoms. The Balaban J connectivity index is 0.00000312. The average molecular weight is 476 g/mol. The van der Waals surface area contributed by atoms with E-state index in [4.69, 9.17) is 0 Å². The van der Waals surface area contributed by atoms with E-state index in [9.17, 15) is 4.79 Å². The number of amides is 1. The van der Waals surface area contributed by atoms with Crippen molar-refractivity contribution < 1.29 is 4.79 Å². The minimum Gasteiger partial charge on any atom is -0.356 e. The summed E-state index contributed by atoms with van der Waals surface area (Å²) in [5.74, 6) is 1.84. The molecule has 1 aromatic rings. The highest BCUT2D eigenvalue weighted by Crippen LogP contribution is 2.17. The van der Waals surface area contributed by atoms with Crippen molar-refractivity contribution in [1.29, 1.82) is 0 Å². The van der Waals surface area contributed by atoms with Gasteiger partial charge in [0.05, 0.1) is 0 Å². The van der Waals surface area contributed by atoms with Crippen molar-refractivity contribution in [1.82, 2.24) is 16.0 Å². The Morgan fingerprint density at radius 1 is 1.16 bits per heavy atom. The normalized spacial score (nSPS) is 14.7. The number of benzene rings is 1. The molecular formula is C18H29IN4OS. The van der Waals surface area contributed by atoms with Gasteiger partial charge in [-0.1, -0.05) is 31.0 Å². The van der Waals surface area contributed by atoms with Crippen molar-refractivity contribution in [3.05, 3.63) is 30.3 Å². The number of carbonyl (C=O) groups is 1. The minimum absolute atomic E-state index is 0. The molecule has 1 aromatic carbocycles. The summed E-state index contributed by atoms with van der Waals surface area (Å²) in [6.07, 6.45) is 5.21. The molecule has 1 aliphatic carbocycles. The lowest BCUT2D eigenvalue weighted by Crippen LogP contribution is -2.41. The van der Waals surface area contributed by atoms with Crippen LogP contribution in [0.25, 0.3) is 0 Å². The second-order valence-corrected chi connectivity index (χ2v) is 7.05. The molecule has 0 aromatic heterocycles. The molecule has 3 N–H and O–H groups in total. The Labute approximate surface area is 172 Å². The largest absolute Gasteiger partial charge is 0.356 e. The molecule has 0 unspecified atom stereocenters. The summed E-state index contributed by atoms with van der Waals surface area (Å²) < 4.78 is 0. The Kier molecular flexibility index (Phi) is 11.7. The topological polar surface area (TPSA) is 65.5 Å². The van der Waals surface area contributed by atoms with Crippen molar-refractivity contribution in [2.75, 3.05) is 25.9 Å². The molecule has 0 bridgehead atoms. The number of hydrogen-bond donors (Lipinski definition) is 3. The fraction of sp³-hybridized carbons (Fsp3) is 0.556. The van der Waals surface area contributed by atoms with Gasteiger partial charge < -0.3 is 16.0 Å². The first-order valence-corrected chi connectivity index (χ1v) is 9.68. The van der Waals surface area contributed by atoms with E-state index < -0.39 is 0 Å². The van der Waals surface area contributed by atoms with Crippen molar-refractivity contribution in [3.63, 3.8) is 0 Å². The summed E-state index contributed by atoms with van der Waals surface area (Å²) in [6.45, 7) is 1.43. The zero-order chi connectivity index (χ0) is 17.0. The van der Waals surface area contributed by atoms with Crippen molar-refractivity contribution in [2.45, 2.75) is 43.0 Å². The number of aliphatic imine (C=N–C) groups is 1. The van der Waals surface area contributed by atoms with Crippen LogP contribution in [0.3, 0.4) is 0 Å². The lowest BCUT2D eigenvalue weighted by atomic mass is 10.2. The third-order valence-electron chi connectivity index (χ3n) is 3.99. The van der Waals surface area contributed by atoms with Gasteiger partial charge in [0.15, 0.2) is 5.96 Å². The van der Waals surface area contributed by atoms with Crippen molar-refractivity contribution in [2.24, 2.45) is 4.99 Å². The first kappa shape index (κ1) is 22.1. The van der Waals surface area contributed by atoms with Gasteiger partial charge in [-0.3, -0.25) is 9.79 Å². The molecule has 0 aliphatic heterocycles. The van der Waals surface area contributed by atoms with Gasteiger partial charge in [0.1, 0.15) is 0 Å². The van der Waals surface area contributed by atoms with Crippen LogP contribution in [-0.4, -0.2) is 43.8 Å². The van der Waals surface area contributed by atoms with Gasteiger partial charge in [0.2, 0.25) is 5.91 Å². The van der Waals surface area contributed by atoms with Gasteiger partial charge in [-0.15, -0.1) is 35.7 Å². The number of rotatable bonds is 8. The number of thioether (sulfide) groups is 1. The third kappa shape index (κ3) is 9.34. The summed E-state index contributed by atoms with van der Waals surface area (Å²) in [5, 5.41) is 9.56. The number of carbonyl (C=O) groups excluding carboxylic acids is 1. The van der Waals surface area contributed by atoms with Crippen LogP contribution < -0.4 is 16.0 Å². The van der Waals surface area contributed by atoms with Gasteiger partial charge in [-0.05, 0) is 25.0 Å². The maximum atomic E-state index is 11.9. The number of halogens is 1. The minimum atomic E-state index is 0. The maximum Gasteiger partial charge on any atom is 0.221 e. The molecule has 0 spiro atoms. The fourth-order valence-corrected chi connectivity index (χ4v) is 3.53. The van der Waals surface area contributed by atoms with E-state index in [0.29, 0.717) is 19.0 Å². The first-order chi connectivity index (χ1) is 11.8. The van der Waals surface area contributed by atoms with Crippen LogP contribution in [0, 0.1) is 0 Å². The lowest BCUT2D eigenvalue weighted by molar-refractivity contribution is -0.121. The molecule has 5 nitrogen and oxygen atoms in total. The summed E-state index contributed by atoms with van der Waals surface area (Å²) in [6, 6.07) is 10.7. The Morgan fingerprint density at radius 2 is 1.84 bits per heavy atom. The summed E-state index contributed by atoms with van der Waals surface area (Å²) in [7, 11) is 1.75. The highest BCUT2D eigenvalue weighted by Gasteiger charge is 2.16. The molecule has 1 amide bonds. The molecule has 7 heteroatoms. The first-order valence-electron chi connectivity index (χ1n) is 8.69. The van der Waals surface area contributed by atoms with Crippen LogP contribution in [0.4, 0.5) is 0 Å². The van der Waals surface area contributed by atoms with Crippen LogP contribution >= 0.6 is 35.7 Å². The molecule has 140 valence electrons. The summed E-state index contributed by atoms with van der Waals surface area (Å²) in [4.78, 5) is 17.3. The molecule has 0 atom stereocenters. The average Bonchev–Trinajstić information content (AvgIpc) is 3.11. The van der Waals surface area contributed by atoms with E-state index in [-0.39, 0.29) is 29.9 Å². The fourth-order valence-electron chi connectivity index (χ4n) is 2.74. The number of nitrogens with one attached hydrogen (secondary N) is 3. The van der Waals surface area contributed by atoms with Gasteiger partial charge in [0, 0.05) is 43.2 Å². The van der Waals surface area contributed by atoms with Crippen LogP contribution in [0.15, 0.2) is 40.2 Å². The van der Waals surface area contributed by atoms with Crippen molar-refractivity contribution >= 4 is 47.6 Å². The zero-order valence-electron chi connectivity index (χ0n) is 14.8. The van der Waals surface area contributed by atoms with E-state index in [0.717, 1.165) is 31.1 Å². The molecular weight excluding hydrogens is 447 g/mol. The summed E-state index contributed by atoms with van der Waals surface area (Å²) in [5.41, 5.74) is 0. The monoisotopic (exact) mass is 476 g/mol. The molecule has 1 saturated carbocycles. The van der Waals surface area contributed by atoms with Gasteiger partial charge in [-0.2, -0.15) is 0 Å². The molecule has 1 fully saturated rings. The van der Waals surface area contributed by atoms with Crippen molar-refractivity contribution in [3.8, 4) is 0 Å². The zero-order valence-corrected chi connectivity index (χ0v) is 17.9. The Morgan fingerprint density at radius 3 is 2.52 bits per heavy atom. The smallest absolute Gasteiger partial charge is 0.221 e. The molecule has 0 saturated heterocycles. The van der Waals surface area contributed by atoms with Crippen LogP contribution in [0.2, 0.25) is 0 Å². The molecule has 1 aliphatic rings. The predicted octanol–water partition coefficient (Wildman–Crippen LogP) is 3.01. The number of guanidine groups is 1. The second-order valence-electron chi connectivity index (χ2n) is 5.89. The van der Waals surface area contributed by atoms with E-state index in [2.05, 4.69) is 33.1 Å². The third-order valence-corrected chi connectivity index (χ3v) is 5.01. The van der Waals surface area contributed by atoms with E-state index in [1.54, 1.807) is 7.05 Å². The number of nitrogens with zero attached hydrogens (tertiary/aromatic N) is 1. The molecule has 2 rings (SSSR count). The van der Waals surface area contributed by atoms with Gasteiger partial charge in [0.25, 0.3) is 0 Å². The van der Waals surface area contributed by atoms with Crippen LogP contribution in [0.5, 0.6) is 0 Å². The molecule has 0 heterocycles. The van der Waals surface area contributed by atoms with E-state index in [1.807, 2.05) is 30.0 Å². The van der Waals surface area contributed by atoms with Crippen LogP contribution in [0.1, 0.15) is 32.1 Å². The van der Waals surface area contributed by atoms with Gasteiger partial charge in [-0.25, -0.2) is 0 Å². The lowest BCUT2D eigenvalue weighted by Gasteiger charge is -2.14. The highest BCUT2D eigenvalue weighted by molar-refractivity contribution is 14.0. The van der Waals surface area contributed by atoms with E-state index in [1.165, 1.54) is 17.7 Å². The Bertz CT molecular complexity index is 521. The molecule has 0 radical (unpaired) electrons. The van der Waals surface area contributed by atoms with E-state index >= 15 is 0 Å². The standard InChI is InChI=1S/C18H28N4OS.HI/c1-19-18(21-13-14-24-16-9-3-2-4-10-16)20-12-11-17(23)22-15-7-5-6-8-15;/h2-4,9-10,15H,5-8,11-14H2,1H3,(H,22,23)(H2,19,20,21);1H. The Hall–Kier alpha value is -0.960. The number of hydrogen-bond acceptors (Lipinski definition) is 3. The SMILES string of the molecule is CN=C(NCCSc1ccccc1)NCCC(=O)NC1CCCC1.I. The van der Waals surface area contributed by atoms with Crippen LogP contribution in [-0.2, 0) is 4.79 Å². The predicted molar refractivity (Wildman–Crippen MR) is 117 cm³/mol.